The van der Waals surface area contributed by atoms with Gasteiger partial charge in [0.1, 0.15) is 4.99 Å². The molecule has 100 valence electrons. The molecule has 0 radical (unpaired) electrons. The molecule has 0 fully saturated rings. The van der Waals surface area contributed by atoms with Crippen molar-refractivity contribution in [2.75, 3.05) is 0 Å². The summed E-state index contributed by atoms with van der Waals surface area (Å²) in [6.45, 7) is 1.71. The van der Waals surface area contributed by atoms with Crippen molar-refractivity contribution < 1.29 is 13.2 Å². The van der Waals surface area contributed by atoms with E-state index in [9.17, 15) is 13.2 Å². The van der Waals surface area contributed by atoms with E-state index < -0.39 is 11.9 Å². The third-order valence-electron chi connectivity index (χ3n) is 2.65. The first-order chi connectivity index (χ1) is 8.82. The van der Waals surface area contributed by atoms with Crippen LogP contribution in [0.3, 0.4) is 0 Å². The van der Waals surface area contributed by atoms with Gasteiger partial charge >= 0.3 is 6.18 Å². The van der Waals surface area contributed by atoms with Gasteiger partial charge in [-0.05, 0) is 18.6 Å². The molecule has 0 amide bonds. The molecule has 19 heavy (non-hydrogen) atoms. The molecule has 2 N–H and O–H groups in total. The second kappa shape index (κ2) is 4.65. The number of rotatable bonds is 2. The second-order valence-electron chi connectivity index (χ2n) is 3.97. The highest BCUT2D eigenvalue weighted by Crippen LogP contribution is 2.34. The topological polar surface area (TPSA) is 43.8 Å². The smallest absolute Gasteiger partial charge is 0.389 e. The Morgan fingerprint density at radius 2 is 1.95 bits per heavy atom. The van der Waals surface area contributed by atoms with Gasteiger partial charge in [-0.25, -0.2) is 4.68 Å². The molecule has 0 aliphatic carbocycles. The van der Waals surface area contributed by atoms with E-state index in [1.807, 2.05) is 0 Å². The van der Waals surface area contributed by atoms with Crippen LogP contribution in [0.15, 0.2) is 30.5 Å². The van der Waals surface area contributed by atoms with Gasteiger partial charge in [0.05, 0.1) is 17.4 Å². The number of aryl methyl sites for hydroxylation is 1. The molecule has 0 saturated heterocycles. The zero-order valence-electron chi connectivity index (χ0n) is 9.90. The van der Waals surface area contributed by atoms with E-state index >= 15 is 0 Å². The van der Waals surface area contributed by atoms with Gasteiger partial charge in [0, 0.05) is 0 Å². The van der Waals surface area contributed by atoms with Crippen LogP contribution in [-0.4, -0.2) is 14.8 Å². The summed E-state index contributed by atoms with van der Waals surface area (Å²) >= 11 is 4.64. The zero-order chi connectivity index (χ0) is 14.2. The molecular formula is C12H10F3N3S. The van der Waals surface area contributed by atoms with Crippen molar-refractivity contribution in [2.45, 2.75) is 13.1 Å². The van der Waals surface area contributed by atoms with Gasteiger partial charge in [-0.15, -0.1) is 0 Å². The number of benzene rings is 1. The summed E-state index contributed by atoms with van der Waals surface area (Å²) in [6.07, 6.45) is -3.55. The fourth-order valence-corrected chi connectivity index (χ4v) is 1.93. The maximum atomic E-state index is 13.1. The maximum Gasteiger partial charge on any atom is 0.434 e. The Bertz CT molecular complexity index is 631. The van der Waals surface area contributed by atoms with Gasteiger partial charge in [0.25, 0.3) is 0 Å². The minimum atomic E-state index is -4.59. The van der Waals surface area contributed by atoms with Crippen LogP contribution in [0.25, 0.3) is 5.69 Å². The molecule has 1 aromatic carbocycles. The van der Waals surface area contributed by atoms with Crippen LogP contribution in [-0.2, 0) is 6.18 Å². The Hall–Kier alpha value is -1.89. The quantitative estimate of drug-likeness (QED) is 0.863. The second-order valence-corrected chi connectivity index (χ2v) is 4.41. The first kappa shape index (κ1) is 13.5. The van der Waals surface area contributed by atoms with Crippen LogP contribution < -0.4 is 5.73 Å². The molecule has 3 nitrogen and oxygen atoms in total. The number of hydrogen-bond acceptors (Lipinski definition) is 2. The Kier molecular flexibility index (Phi) is 3.32. The summed E-state index contributed by atoms with van der Waals surface area (Å²) in [4.78, 5) is -0.327. The van der Waals surface area contributed by atoms with Gasteiger partial charge in [0.2, 0.25) is 0 Å². The Balaban J connectivity index is 2.73. The summed E-state index contributed by atoms with van der Waals surface area (Å²) < 4.78 is 40.3. The molecule has 0 unspecified atom stereocenters. The summed E-state index contributed by atoms with van der Waals surface area (Å²) in [7, 11) is 0. The number of thiocarbonyl (C=S) groups is 1. The predicted octanol–water partition coefficient (Wildman–Crippen LogP) is 2.83. The number of hydrogen-bond donors (Lipinski definition) is 1. The number of halogens is 3. The lowest BCUT2D eigenvalue weighted by molar-refractivity contribution is -0.142. The van der Waals surface area contributed by atoms with Crippen molar-refractivity contribution in [3.63, 3.8) is 0 Å². The lowest BCUT2D eigenvalue weighted by Crippen LogP contribution is -2.20. The molecule has 0 spiro atoms. The summed E-state index contributed by atoms with van der Waals surface area (Å²) in [5.41, 5.74) is 5.11. The Morgan fingerprint density at radius 1 is 1.32 bits per heavy atom. The van der Waals surface area contributed by atoms with Crippen molar-refractivity contribution in [1.29, 1.82) is 0 Å². The van der Waals surface area contributed by atoms with E-state index in [1.165, 1.54) is 0 Å². The highest BCUT2D eigenvalue weighted by atomic mass is 32.1. The minimum absolute atomic E-state index is 0.272. The van der Waals surface area contributed by atoms with Gasteiger partial charge in [0.15, 0.2) is 5.69 Å². The average molecular weight is 285 g/mol. The maximum absolute atomic E-state index is 13.1. The lowest BCUT2D eigenvalue weighted by atomic mass is 10.2. The first-order valence-corrected chi connectivity index (χ1v) is 5.74. The van der Waals surface area contributed by atoms with Gasteiger partial charge in [-0.2, -0.15) is 18.3 Å². The molecule has 7 heteroatoms. The van der Waals surface area contributed by atoms with E-state index in [-0.39, 0.29) is 10.6 Å². The number of para-hydroxylation sites is 1. The number of aromatic nitrogens is 2. The molecule has 1 heterocycles. The average Bonchev–Trinajstić information content (AvgIpc) is 2.73. The third-order valence-corrected chi connectivity index (χ3v) is 2.87. The van der Waals surface area contributed by atoms with Crippen LogP contribution in [0.1, 0.15) is 16.8 Å². The number of nitrogens with two attached hydrogens (primary N) is 1. The zero-order valence-corrected chi connectivity index (χ0v) is 10.7. The van der Waals surface area contributed by atoms with E-state index in [4.69, 9.17) is 5.73 Å². The molecule has 2 rings (SSSR count). The number of alkyl halides is 3. The van der Waals surface area contributed by atoms with Gasteiger partial charge in [-0.1, -0.05) is 30.4 Å². The standard InChI is InChI=1S/C12H10F3N3S/c1-7-4-2-3-5-9(7)18-10(12(13,14)15)8(6-17-18)11(16)19/h2-6H,1H3,(H2,16,19). The monoisotopic (exact) mass is 285 g/mol. The lowest BCUT2D eigenvalue weighted by Gasteiger charge is -2.13. The molecule has 0 aliphatic rings. The van der Waals surface area contributed by atoms with Crippen LogP contribution in [0.4, 0.5) is 13.2 Å². The molecule has 1 aromatic heterocycles. The fourth-order valence-electron chi connectivity index (χ4n) is 1.79. The van der Waals surface area contributed by atoms with Gasteiger partial charge < -0.3 is 5.73 Å². The molecular weight excluding hydrogens is 275 g/mol. The van der Waals surface area contributed by atoms with Crippen molar-refractivity contribution in [3.05, 3.63) is 47.3 Å². The van der Waals surface area contributed by atoms with E-state index in [1.54, 1.807) is 31.2 Å². The molecule has 2 aromatic rings. The summed E-state index contributed by atoms with van der Waals surface area (Å²) in [5.74, 6) is 0. The Morgan fingerprint density at radius 3 is 2.47 bits per heavy atom. The van der Waals surface area contributed by atoms with Crippen LogP contribution in [0.2, 0.25) is 0 Å². The summed E-state index contributed by atoms with van der Waals surface area (Å²) in [5, 5.41) is 3.76. The third kappa shape index (κ3) is 2.46. The van der Waals surface area contributed by atoms with E-state index in [0.29, 0.717) is 11.3 Å². The van der Waals surface area contributed by atoms with Crippen LogP contribution in [0.5, 0.6) is 0 Å². The van der Waals surface area contributed by atoms with Gasteiger partial charge in [-0.3, -0.25) is 0 Å². The van der Waals surface area contributed by atoms with Crippen LogP contribution in [0, 0.1) is 6.92 Å². The molecule has 0 aliphatic heterocycles. The molecule has 0 saturated carbocycles. The first-order valence-electron chi connectivity index (χ1n) is 5.33. The molecule has 0 atom stereocenters. The van der Waals surface area contributed by atoms with E-state index in [0.717, 1.165) is 10.9 Å². The summed E-state index contributed by atoms with van der Waals surface area (Å²) in [6, 6.07) is 6.65. The van der Waals surface area contributed by atoms with Crippen molar-refractivity contribution >= 4 is 17.2 Å². The molecule has 0 bridgehead atoms. The Labute approximate surface area is 112 Å². The highest BCUT2D eigenvalue weighted by Gasteiger charge is 2.39. The number of nitrogens with zero attached hydrogens (tertiary/aromatic N) is 2. The highest BCUT2D eigenvalue weighted by molar-refractivity contribution is 7.80. The van der Waals surface area contributed by atoms with E-state index in [2.05, 4.69) is 17.3 Å². The largest absolute Gasteiger partial charge is 0.434 e. The van der Waals surface area contributed by atoms with Crippen molar-refractivity contribution in [2.24, 2.45) is 5.73 Å². The fraction of sp³-hybridized carbons (Fsp3) is 0.167. The minimum Gasteiger partial charge on any atom is -0.389 e. The van der Waals surface area contributed by atoms with Crippen molar-refractivity contribution in [3.8, 4) is 5.69 Å². The normalized spacial score (nSPS) is 11.6. The predicted molar refractivity (Wildman–Crippen MR) is 69.2 cm³/mol. The van der Waals surface area contributed by atoms with Crippen LogP contribution >= 0.6 is 12.2 Å². The van der Waals surface area contributed by atoms with Crippen molar-refractivity contribution in [1.82, 2.24) is 9.78 Å². The SMILES string of the molecule is Cc1ccccc1-n1ncc(C(N)=S)c1C(F)(F)F.